The lowest BCUT2D eigenvalue weighted by atomic mass is 10.2. The van der Waals surface area contributed by atoms with E-state index in [0.29, 0.717) is 31.9 Å². The Morgan fingerprint density at radius 1 is 0.935 bits per heavy atom. The standard InChI is InChI=1S/C23H25N3O3S2/c1-18(27)24-20-7-10-22(11-8-20)31(28,29)26-15-13-25(14-16-26)17-21-9-12-23(30-21)19-5-3-2-4-6-19/h2-12H,13-17H2,1H3,(H,24,27). The van der Waals surface area contributed by atoms with Gasteiger partial charge in [-0.1, -0.05) is 30.3 Å². The van der Waals surface area contributed by atoms with Crippen LogP contribution < -0.4 is 5.32 Å². The molecule has 6 nitrogen and oxygen atoms in total. The van der Waals surface area contributed by atoms with Gasteiger partial charge in [-0.25, -0.2) is 8.42 Å². The summed E-state index contributed by atoms with van der Waals surface area (Å²) in [4.78, 5) is 16.2. The minimum absolute atomic E-state index is 0.187. The molecule has 1 aliphatic rings. The Kier molecular flexibility index (Phi) is 6.52. The Morgan fingerprint density at radius 2 is 1.61 bits per heavy atom. The maximum absolute atomic E-state index is 13.0. The maximum Gasteiger partial charge on any atom is 0.243 e. The highest BCUT2D eigenvalue weighted by Gasteiger charge is 2.28. The molecule has 1 aromatic heterocycles. The van der Waals surface area contributed by atoms with Gasteiger partial charge in [0.05, 0.1) is 4.90 Å². The first-order valence-corrected chi connectivity index (χ1v) is 12.4. The van der Waals surface area contributed by atoms with E-state index in [1.807, 2.05) is 18.2 Å². The molecule has 31 heavy (non-hydrogen) atoms. The molecule has 1 saturated heterocycles. The number of carbonyl (C=O) groups excluding carboxylic acids is 1. The fourth-order valence-electron chi connectivity index (χ4n) is 3.63. The summed E-state index contributed by atoms with van der Waals surface area (Å²) in [6.07, 6.45) is 0. The molecule has 1 N–H and O–H groups in total. The predicted octanol–water partition coefficient (Wildman–Crippen LogP) is 3.88. The van der Waals surface area contributed by atoms with Crippen LogP contribution in [0.5, 0.6) is 0 Å². The van der Waals surface area contributed by atoms with Gasteiger partial charge < -0.3 is 5.32 Å². The van der Waals surface area contributed by atoms with Crippen molar-refractivity contribution in [2.45, 2.75) is 18.4 Å². The van der Waals surface area contributed by atoms with E-state index in [2.05, 4.69) is 34.5 Å². The number of amides is 1. The van der Waals surface area contributed by atoms with Crippen LogP contribution in [0.2, 0.25) is 0 Å². The van der Waals surface area contributed by atoms with Crippen LogP contribution >= 0.6 is 11.3 Å². The second-order valence-corrected chi connectivity index (χ2v) is 10.6. The third-order valence-corrected chi connectivity index (χ3v) is 8.28. The Hall–Kier alpha value is -2.52. The summed E-state index contributed by atoms with van der Waals surface area (Å²) < 4.78 is 27.5. The van der Waals surface area contributed by atoms with Crippen molar-refractivity contribution in [1.82, 2.24) is 9.21 Å². The molecule has 0 radical (unpaired) electrons. The number of anilines is 1. The largest absolute Gasteiger partial charge is 0.326 e. The fourth-order valence-corrected chi connectivity index (χ4v) is 6.11. The zero-order valence-corrected chi connectivity index (χ0v) is 19.0. The number of sulfonamides is 1. The average Bonchev–Trinajstić information content (AvgIpc) is 3.23. The van der Waals surface area contributed by atoms with Gasteiger partial charge in [0.15, 0.2) is 0 Å². The predicted molar refractivity (Wildman–Crippen MR) is 125 cm³/mol. The van der Waals surface area contributed by atoms with E-state index in [-0.39, 0.29) is 10.8 Å². The molecule has 0 bridgehead atoms. The zero-order chi connectivity index (χ0) is 21.8. The van der Waals surface area contributed by atoms with E-state index in [0.717, 1.165) is 6.54 Å². The Labute approximate surface area is 187 Å². The van der Waals surface area contributed by atoms with E-state index in [9.17, 15) is 13.2 Å². The van der Waals surface area contributed by atoms with Crippen LogP contribution in [0, 0.1) is 0 Å². The number of carbonyl (C=O) groups is 1. The molecule has 0 aliphatic carbocycles. The average molecular weight is 456 g/mol. The van der Waals surface area contributed by atoms with Crippen molar-refractivity contribution in [3.63, 3.8) is 0 Å². The van der Waals surface area contributed by atoms with Gasteiger partial charge >= 0.3 is 0 Å². The van der Waals surface area contributed by atoms with Crippen LogP contribution in [0.4, 0.5) is 5.69 Å². The summed E-state index contributed by atoms with van der Waals surface area (Å²) in [7, 11) is -3.54. The maximum atomic E-state index is 13.0. The molecule has 8 heteroatoms. The highest BCUT2D eigenvalue weighted by molar-refractivity contribution is 7.89. The lowest BCUT2D eigenvalue weighted by Gasteiger charge is -2.33. The van der Waals surface area contributed by atoms with Gasteiger partial charge in [0.1, 0.15) is 0 Å². The van der Waals surface area contributed by atoms with Crippen LogP contribution in [0.25, 0.3) is 10.4 Å². The topological polar surface area (TPSA) is 69.7 Å². The van der Waals surface area contributed by atoms with Gasteiger partial charge in [0, 0.05) is 55.1 Å². The third-order valence-electron chi connectivity index (χ3n) is 5.24. The zero-order valence-electron chi connectivity index (χ0n) is 17.3. The first kappa shape index (κ1) is 21.7. The summed E-state index contributed by atoms with van der Waals surface area (Å²) >= 11 is 1.78. The molecule has 0 saturated carbocycles. The summed E-state index contributed by atoms with van der Waals surface area (Å²) in [6, 6.07) is 21.0. The first-order valence-electron chi connectivity index (χ1n) is 10.2. The molecule has 1 amide bonds. The number of hydrogen-bond acceptors (Lipinski definition) is 5. The van der Waals surface area contributed by atoms with Gasteiger partial charge in [0.2, 0.25) is 15.9 Å². The molecule has 0 atom stereocenters. The first-order chi connectivity index (χ1) is 14.9. The van der Waals surface area contributed by atoms with Crippen molar-refractivity contribution in [1.29, 1.82) is 0 Å². The number of nitrogens with zero attached hydrogens (tertiary/aromatic N) is 2. The second-order valence-electron chi connectivity index (χ2n) is 7.52. The smallest absolute Gasteiger partial charge is 0.243 e. The third kappa shape index (κ3) is 5.22. The molecule has 3 aromatic rings. The van der Waals surface area contributed by atoms with Crippen molar-refractivity contribution in [2.75, 3.05) is 31.5 Å². The van der Waals surface area contributed by atoms with E-state index in [1.165, 1.54) is 22.2 Å². The molecule has 2 aromatic carbocycles. The Balaban J connectivity index is 1.35. The molecule has 0 unspecified atom stereocenters. The number of hydrogen-bond donors (Lipinski definition) is 1. The normalized spacial score (nSPS) is 15.6. The molecule has 2 heterocycles. The Morgan fingerprint density at radius 3 is 2.26 bits per heavy atom. The summed E-state index contributed by atoms with van der Waals surface area (Å²) in [5, 5.41) is 2.65. The summed E-state index contributed by atoms with van der Waals surface area (Å²) in [5.41, 5.74) is 1.81. The van der Waals surface area contributed by atoms with E-state index in [1.54, 1.807) is 39.9 Å². The molecule has 1 aliphatic heterocycles. The summed E-state index contributed by atoms with van der Waals surface area (Å²) in [5.74, 6) is -0.187. The van der Waals surface area contributed by atoms with Gasteiger partial charge in [0.25, 0.3) is 0 Å². The van der Waals surface area contributed by atoms with E-state index in [4.69, 9.17) is 0 Å². The minimum Gasteiger partial charge on any atom is -0.326 e. The van der Waals surface area contributed by atoms with Gasteiger partial charge in [-0.2, -0.15) is 4.31 Å². The van der Waals surface area contributed by atoms with Crippen molar-refractivity contribution in [3.8, 4) is 10.4 Å². The fraction of sp³-hybridized carbons (Fsp3) is 0.261. The van der Waals surface area contributed by atoms with Crippen molar-refractivity contribution in [3.05, 3.63) is 71.6 Å². The number of nitrogens with one attached hydrogen (secondary N) is 1. The van der Waals surface area contributed by atoms with E-state index >= 15 is 0 Å². The molecule has 162 valence electrons. The van der Waals surface area contributed by atoms with Gasteiger partial charge in [-0.05, 0) is 42.0 Å². The lowest BCUT2D eigenvalue weighted by molar-refractivity contribution is -0.114. The summed E-state index contributed by atoms with van der Waals surface area (Å²) in [6.45, 7) is 4.57. The van der Waals surface area contributed by atoms with Crippen LogP contribution in [0.1, 0.15) is 11.8 Å². The van der Waals surface area contributed by atoms with Gasteiger partial charge in [-0.15, -0.1) is 11.3 Å². The van der Waals surface area contributed by atoms with Crippen molar-refractivity contribution in [2.24, 2.45) is 0 Å². The van der Waals surface area contributed by atoms with E-state index < -0.39 is 10.0 Å². The molecule has 0 spiro atoms. The highest BCUT2D eigenvalue weighted by Crippen LogP contribution is 2.29. The Bertz CT molecular complexity index is 1130. The molecule has 1 fully saturated rings. The lowest BCUT2D eigenvalue weighted by Crippen LogP contribution is -2.48. The van der Waals surface area contributed by atoms with Crippen LogP contribution in [-0.2, 0) is 21.4 Å². The molecular formula is C23H25N3O3S2. The molecule has 4 rings (SSSR count). The molecular weight excluding hydrogens is 430 g/mol. The quantitative estimate of drug-likeness (QED) is 0.612. The number of thiophene rings is 1. The number of piperazine rings is 1. The number of benzene rings is 2. The van der Waals surface area contributed by atoms with Crippen LogP contribution in [0.3, 0.4) is 0 Å². The number of rotatable bonds is 6. The second kappa shape index (κ2) is 9.32. The monoisotopic (exact) mass is 455 g/mol. The highest BCUT2D eigenvalue weighted by atomic mass is 32.2. The van der Waals surface area contributed by atoms with Crippen LogP contribution in [-0.4, -0.2) is 49.7 Å². The van der Waals surface area contributed by atoms with Crippen molar-refractivity contribution >= 4 is 33.0 Å². The van der Waals surface area contributed by atoms with Gasteiger partial charge in [-0.3, -0.25) is 9.69 Å². The van der Waals surface area contributed by atoms with Crippen molar-refractivity contribution < 1.29 is 13.2 Å². The van der Waals surface area contributed by atoms with Crippen LogP contribution in [0.15, 0.2) is 71.6 Å². The minimum atomic E-state index is -3.54. The SMILES string of the molecule is CC(=O)Nc1ccc(S(=O)(=O)N2CCN(Cc3ccc(-c4ccccc4)s3)CC2)cc1.